The first-order chi connectivity index (χ1) is 18.3. The van der Waals surface area contributed by atoms with Crippen molar-refractivity contribution in [2.75, 3.05) is 10.8 Å². The molecule has 0 bridgehead atoms. The summed E-state index contributed by atoms with van der Waals surface area (Å²) in [5.41, 5.74) is 1.19. The Morgan fingerprint density at radius 3 is 2.11 bits per heavy atom. The predicted molar refractivity (Wildman–Crippen MR) is 149 cm³/mol. The maximum absolute atomic E-state index is 13.9. The first-order valence-electron chi connectivity index (χ1n) is 12.7. The largest absolute Gasteiger partial charge is 0.352 e. The number of amides is 2. The number of carbonyl (C=O) groups excluding carboxylic acids is 2. The van der Waals surface area contributed by atoms with Gasteiger partial charge in [-0.3, -0.25) is 13.9 Å². The van der Waals surface area contributed by atoms with Gasteiger partial charge in [0.2, 0.25) is 11.8 Å². The van der Waals surface area contributed by atoms with Crippen molar-refractivity contribution < 1.29 is 18.0 Å². The van der Waals surface area contributed by atoms with Gasteiger partial charge in [0, 0.05) is 17.6 Å². The van der Waals surface area contributed by atoms with Crippen LogP contribution in [0.2, 0.25) is 5.02 Å². The quantitative estimate of drug-likeness (QED) is 0.382. The molecule has 7 nitrogen and oxygen atoms in total. The van der Waals surface area contributed by atoms with Crippen molar-refractivity contribution >= 4 is 39.1 Å². The summed E-state index contributed by atoms with van der Waals surface area (Å²) in [6, 6.07) is 23.0. The van der Waals surface area contributed by atoms with E-state index in [9.17, 15) is 18.0 Å². The average Bonchev–Trinajstić information content (AvgIpc) is 3.44. The van der Waals surface area contributed by atoms with E-state index in [1.54, 1.807) is 37.3 Å². The first kappa shape index (κ1) is 27.7. The Labute approximate surface area is 229 Å². The molecule has 3 aromatic carbocycles. The van der Waals surface area contributed by atoms with E-state index < -0.39 is 28.5 Å². The van der Waals surface area contributed by atoms with Crippen molar-refractivity contribution in [2.24, 2.45) is 0 Å². The lowest BCUT2D eigenvalue weighted by Crippen LogP contribution is -2.52. The fourth-order valence-corrected chi connectivity index (χ4v) is 6.15. The second-order valence-corrected chi connectivity index (χ2v) is 11.8. The van der Waals surface area contributed by atoms with Crippen LogP contribution in [-0.2, 0) is 26.2 Å². The highest BCUT2D eigenvalue weighted by Crippen LogP contribution is 2.25. The number of para-hydroxylation sites is 1. The lowest BCUT2D eigenvalue weighted by molar-refractivity contribution is -0.139. The minimum atomic E-state index is -4.11. The topological polar surface area (TPSA) is 86.8 Å². The molecule has 200 valence electrons. The van der Waals surface area contributed by atoms with Crippen molar-refractivity contribution in [1.82, 2.24) is 10.2 Å². The highest BCUT2D eigenvalue weighted by Gasteiger charge is 2.33. The third kappa shape index (κ3) is 6.74. The fourth-order valence-electron chi connectivity index (χ4n) is 4.61. The summed E-state index contributed by atoms with van der Waals surface area (Å²) < 4.78 is 28.5. The van der Waals surface area contributed by atoms with E-state index in [1.807, 2.05) is 30.3 Å². The molecule has 1 N–H and O–H groups in total. The van der Waals surface area contributed by atoms with Gasteiger partial charge in [-0.15, -0.1) is 0 Å². The van der Waals surface area contributed by atoms with Crippen molar-refractivity contribution in [3.8, 4) is 0 Å². The predicted octanol–water partition coefficient (Wildman–Crippen LogP) is 5.01. The van der Waals surface area contributed by atoms with Gasteiger partial charge in [0.05, 0.1) is 10.6 Å². The van der Waals surface area contributed by atoms with Crippen LogP contribution in [-0.4, -0.2) is 43.8 Å². The molecule has 1 atom stereocenters. The molecule has 2 amide bonds. The number of hydrogen-bond donors (Lipinski definition) is 1. The third-order valence-electron chi connectivity index (χ3n) is 6.79. The van der Waals surface area contributed by atoms with Gasteiger partial charge in [0.25, 0.3) is 10.0 Å². The maximum Gasteiger partial charge on any atom is 0.264 e. The van der Waals surface area contributed by atoms with Gasteiger partial charge in [0.1, 0.15) is 12.6 Å². The van der Waals surface area contributed by atoms with Gasteiger partial charge in [-0.1, -0.05) is 73.0 Å². The SMILES string of the molecule is C[C@H](C(=O)NC1CCCC1)N(Cc1ccccc1)C(=O)CN(c1ccccc1)S(=O)(=O)c1ccc(Cl)cc1. The molecule has 0 radical (unpaired) electrons. The third-order valence-corrected chi connectivity index (χ3v) is 8.83. The van der Waals surface area contributed by atoms with E-state index in [0.29, 0.717) is 10.7 Å². The van der Waals surface area contributed by atoms with Gasteiger partial charge in [-0.25, -0.2) is 8.42 Å². The van der Waals surface area contributed by atoms with Crippen LogP contribution in [0.5, 0.6) is 0 Å². The first-order valence-corrected chi connectivity index (χ1v) is 14.5. The standard InChI is InChI=1S/C29H32ClN3O4S/c1-22(29(35)31-25-12-8-9-13-25)32(20-23-10-4-2-5-11-23)28(34)21-33(26-14-6-3-7-15-26)38(36,37)27-18-16-24(30)17-19-27/h2-7,10-11,14-19,22,25H,8-9,12-13,20-21H2,1H3,(H,31,35)/t22-/m1/s1. The van der Waals surface area contributed by atoms with Crippen molar-refractivity contribution in [3.63, 3.8) is 0 Å². The molecule has 4 rings (SSSR count). The molecule has 0 aromatic heterocycles. The van der Waals surface area contributed by atoms with Gasteiger partial charge < -0.3 is 10.2 Å². The number of nitrogens with one attached hydrogen (secondary N) is 1. The highest BCUT2D eigenvalue weighted by molar-refractivity contribution is 7.92. The van der Waals surface area contributed by atoms with Crippen LogP contribution >= 0.6 is 11.6 Å². The number of nitrogens with zero attached hydrogens (tertiary/aromatic N) is 2. The molecule has 0 spiro atoms. The summed E-state index contributed by atoms with van der Waals surface area (Å²) in [4.78, 5) is 28.5. The second kappa shape index (κ2) is 12.5. The van der Waals surface area contributed by atoms with Crippen LogP contribution < -0.4 is 9.62 Å². The van der Waals surface area contributed by atoms with E-state index >= 15 is 0 Å². The lowest BCUT2D eigenvalue weighted by atomic mass is 10.1. The van der Waals surface area contributed by atoms with Crippen LogP contribution in [0, 0.1) is 0 Å². The minimum absolute atomic E-state index is 0.0141. The van der Waals surface area contributed by atoms with E-state index in [4.69, 9.17) is 11.6 Å². The van der Waals surface area contributed by atoms with Crippen LogP contribution in [0.15, 0.2) is 89.8 Å². The molecule has 9 heteroatoms. The Balaban J connectivity index is 1.65. The zero-order chi connectivity index (χ0) is 27.1. The zero-order valence-electron chi connectivity index (χ0n) is 21.3. The molecule has 1 aliphatic carbocycles. The summed E-state index contributed by atoms with van der Waals surface area (Å²) in [7, 11) is -4.11. The summed E-state index contributed by atoms with van der Waals surface area (Å²) in [5.74, 6) is -0.725. The number of halogens is 1. The number of hydrogen-bond acceptors (Lipinski definition) is 4. The van der Waals surface area contributed by atoms with E-state index in [0.717, 1.165) is 35.6 Å². The minimum Gasteiger partial charge on any atom is -0.352 e. The molecule has 1 fully saturated rings. The molecular weight excluding hydrogens is 522 g/mol. The number of carbonyl (C=O) groups is 2. The molecule has 1 saturated carbocycles. The van der Waals surface area contributed by atoms with E-state index in [-0.39, 0.29) is 23.4 Å². The molecular formula is C29H32ClN3O4S. The van der Waals surface area contributed by atoms with Gasteiger partial charge >= 0.3 is 0 Å². The monoisotopic (exact) mass is 553 g/mol. The van der Waals surface area contributed by atoms with Gasteiger partial charge in [0.15, 0.2) is 0 Å². The molecule has 3 aromatic rings. The average molecular weight is 554 g/mol. The Morgan fingerprint density at radius 2 is 1.50 bits per heavy atom. The smallest absolute Gasteiger partial charge is 0.264 e. The Morgan fingerprint density at radius 1 is 0.921 bits per heavy atom. The zero-order valence-corrected chi connectivity index (χ0v) is 22.9. The molecule has 0 saturated heterocycles. The molecule has 0 unspecified atom stereocenters. The van der Waals surface area contributed by atoms with Crippen LogP contribution in [0.4, 0.5) is 5.69 Å². The maximum atomic E-state index is 13.9. The molecule has 0 heterocycles. The van der Waals surface area contributed by atoms with Gasteiger partial charge in [-0.05, 0) is 61.7 Å². The second-order valence-electron chi connectivity index (χ2n) is 9.47. The number of benzene rings is 3. The summed E-state index contributed by atoms with van der Waals surface area (Å²) in [5, 5.41) is 3.47. The molecule has 38 heavy (non-hydrogen) atoms. The van der Waals surface area contributed by atoms with Crippen LogP contribution in [0.1, 0.15) is 38.2 Å². The Hall–Kier alpha value is -3.36. The number of anilines is 1. The molecule has 0 aliphatic heterocycles. The lowest BCUT2D eigenvalue weighted by Gasteiger charge is -2.32. The van der Waals surface area contributed by atoms with Crippen LogP contribution in [0.25, 0.3) is 0 Å². The van der Waals surface area contributed by atoms with Crippen molar-refractivity contribution in [1.29, 1.82) is 0 Å². The summed E-state index contributed by atoms with van der Waals surface area (Å²) >= 11 is 5.98. The highest BCUT2D eigenvalue weighted by atomic mass is 35.5. The summed E-state index contributed by atoms with van der Waals surface area (Å²) in [6.45, 7) is 1.39. The summed E-state index contributed by atoms with van der Waals surface area (Å²) in [6.07, 6.45) is 3.99. The Bertz CT molecular complexity index is 1330. The van der Waals surface area contributed by atoms with E-state index in [1.165, 1.54) is 29.2 Å². The van der Waals surface area contributed by atoms with E-state index in [2.05, 4.69) is 5.32 Å². The van der Waals surface area contributed by atoms with Crippen molar-refractivity contribution in [2.45, 2.75) is 56.1 Å². The Kier molecular flexibility index (Phi) is 9.07. The van der Waals surface area contributed by atoms with Crippen LogP contribution in [0.3, 0.4) is 0 Å². The molecule has 1 aliphatic rings. The van der Waals surface area contributed by atoms with Gasteiger partial charge in [-0.2, -0.15) is 0 Å². The van der Waals surface area contributed by atoms with Crippen molar-refractivity contribution in [3.05, 3.63) is 95.5 Å². The number of sulfonamides is 1. The number of rotatable bonds is 10. The fraction of sp³-hybridized carbons (Fsp3) is 0.310. The normalized spacial score (nSPS) is 14.6.